The molecule has 6 rings (SSSR count). The fraction of sp³-hybridized carbons (Fsp3) is 0.312. The highest BCUT2D eigenvalue weighted by Gasteiger charge is 2.31. The summed E-state index contributed by atoms with van der Waals surface area (Å²) < 4.78 is 0. The van der Waals surface area contributed by atoms with Gasteiger partial charge in [-0.25, -0.2) is 0 Å². The second-order valence-corrected chi connectivity index (χ2v) is 10.3. The van der Waals surface area contributed by atoms with Crippen molar-refractivity contribution in [3.8, 4) is 0 Å². The quantitative estimate of drug-likeness (QED) is 0.378. The van der Waals surface area contributed by atoms with Crippen LogP contribution in [0.3, 0.4) is 0 Å². The number of carbonyl (C=O) groups excluding carboxylic acids is 2. The van der Waals surface area contributed by atoms with E-state index >= 15 is 0 Å². The Morgan fingerprint density at radius 1 is 0.649 bits per heavy atom. The maximum atomic E-state index is 13.8. The van der Waals surface area contributed by atoms with Crippen LogP contribution in [0.4, 0.5) is 0 Å². The number of hydrogen-bond acceptors (Lipinski definition) is 3. The van der Waals surface area contributed by atoms with Gasteiger partial charge in [0.2, 0.25) is 5.91 Å². The first-order valence-corrected chi connectivity index (χ1v) is 13.4. The highest BCUT2D eigenvalue weighted by Crippen LogP contribution is 2.30. The number of benzene rings is 4. The van der Waals surface area contributed by atoms with E-state index in [1.165, 1.54) is 0 Å². The average Bonchev–Trinajstić information content (AvgIpc) is 2.96. The molecular formula is C32H33N3O2. The average molecular weight is 492 g/mol. The predicted molar refractivity (Wildman–Crippen MR) is 149 cm³/mol. The van der Waals surface area contributed by atoms with Gasteiger partial charge >= 0.3 is 0 Å². The minimum atomic E-state index is 0.133. The Hall–Kier alpha value is -3.70. The van der Waals surface area contributed by atoms with Crippen molar-refractivity contribution in [3.05, 3.63) is 96.1 Å². The maximum Gasteiger partial charge on any atom is 0.255 e. The molecule has 4 aromatic carbocycles. The molecule has 0 aliphatic carbocycles. The van der Waals surface area contributed by atoms with Gasteiger partial charge in [-0.05, 0) is 46.0 Å². The maximum absolute atomic E-state index is 13.8. The van der Waals surface area contributed by atoms with E-state index < -0.39 is 0 Å². The number of piperidine rings is 1. The van der Waals surface area contributed by atoms with Gasteiger partial charge in [-0.1, -0.05) is 78.9 Å². The number of hydrogen-bond donors (Lipinski definition) is 0. The standard InChI is InChI=1S/C32H33N3O2/c36-30(22-24-8-2-1-3-9-24)34-16-14-27(15-17-34)33-18-20-35(21-19-33)32(37)31-28-12-6-4-10-25(28)23-26-11-5-7-13-29(26)31/h1-13,23,27H,14-22H2. The van der Waals surface area contributed by atoms with Crippen LogP contribution in [0.25, 0.3) is 21.5 Å². The first-order chi connectivity index (χ1) is 18.2. The lowest BCUT2D eigenvalue weighted by molar-refractivity contribution is -0.132. The van der Waals surface area contributed by atoms with Gasteiger partial charge in [0, 0.05) is 45.3 Å². The number of likely N-dealkylation sites (tertiary alicyclic amines) is 1. The molecular weight excluding hydrogens is 458 g/mol. The van der Waals surface area contributed by atoms with Gasteiger partial charge < -0.3 is 9.80 Å². The first kappa shape index (κ1) is 23.7. The molecule has 188 valence electrons. The summed E-state index contributed by atoms with van der Waals surface area (Å²) in [7, 11) is 0. The molecule has 0 N–H and O–H groups in total. The van der Waals surface area contributed by atoms with E-state index in [0.29, 0.717) is 12.5 Å². The van der Waals surface area contributed by atoms with Crippen molar-refractivity contribution < 1.29 is 9.59 Å². The van der Waals surface area contributed by atoms with Crippen molar-refractivity contribution in [2.45, 2.75) is 25.3 Å². The smallest absolute Gasteiger partial charge is 0.255 e. The van der Waals surface area contributed by atoms with Crippen molar-refractivity contribution >= 4 is 33.4 Å². The van der Waals surface area contributed by atoms with Crippen LogP contribution in [0.1, 0.15) is 28.8 Å². The lowest BCUT2D eigenvalue weighted by Crippen LogP contribution is -2.54. The Kier molecular flexibility index (Phi) is 6.62. The van der Waals surface area contributed by atoms with Crippen LogP contribution in [-0.4, -0.2) is 71.8 Å². The van der Waals surface area contributed by atoms with E-state index in [4.69, 9.17) is 0 Å². The van der Waals surface area contributed by atoms with E-state index in [2.05, 4.69) is 35.2 Å². The largest absolute Gasteiger partial charge is 0.342 e. The van der Waals surface area contributed by atoms with Crippen LogP contribution in [0.15, 0.2) is 84.9 Å². The van der Waals surface area contributed by atoms with Gasteiger partial charge in [-0.2, -0.15) is 0 Å². The van der Waals surface area contributed by atoms with E-state index in [-0.39, 0.29) is 11.8 Å². The molecule has 37 heavy (non-hydrogen) atoms. The summed E-state index contributed by atoms with van der Waals surface area (Å²) in [5, 5.41) is 4.27. The molecule has 2 aliphatic heterocycles. The summed E-state index contributed by atoms with van der Waals surface area (Å²) >= 11 is 0. The van der Waals surface area contributed by atoms with E-state index in [1.807, 2.05) is 64.4 Å². The molecule has 4 aromatic rings. The third-order valence-corrected chi connectivity index (χ3v) is 8.12. The summed E-state index contributed by atoms with van der Waals surface area (Å²) in [4.78, 5) is 33.2. The van der Waals surface area contributed by atoms with Crippen LogP contribution in [0, 0.1) is 0 Å². The Morgan fingerprint density at radius 2 is 1.22 bits per heavy atom. The van der Waals surface area contributed by atoms with Gasteiger partial charge in [0.15, 0.2) is 0 Å². The predicted octanol–water partition coefficient (Wildman–Crippen LogP) is 4.98. The summed E-state index contributed by atoms with van der Waals surface area (Å²) in [6, 6.07) is 29.1. The minimum absolute atomic E-state index is 0.133. The van der Waals surface area contributed by atoms with Gasteiger partial charge in [0.25, 0.3) is 5.91 Å². The lowest BCUT2D eigenvalue weighted by Gasteiger charge is -2.43. The van der Waals surface area contributed by atoms with Crippen LogP contribution in [0.2, 0.25) is 0 Å². The summed E-state index contributed by atoms with van der Waals surface area (Å²) in [5.41, 5.74) is 1.90. The fourth-order valence-corrected chi connectivity index (χ4v) is 6.06. The molecule has 0 unspecified atom stereocenters. The van der Waals surface area contributed by atoms with E-state index in [0.717, 1.165) is 84.8 Å². The molecule has 2 aliphatic rings. The normalized spacial score (nSPS) is 17.4. The second-order valence-electron chi connectivity index (χ2n) is 10.3. The van der Waals surface area contributed by atoms with Crippen molar-refractivity contribution in [2.75, 3.05) is 39.3 Å². The Morgan fingerprint density at radius 3 is 1.84 bits per heavy atom. The third kappa shape index (κ3) is 4.84. The van der Waals surface area contributed by atoms with Crippen molar-refractivity contribution in [3.63, 3.8) is 0 Å². The fourth-order valence-electron chi connectivity index (χ4n) is 6.06. The van der Waals surface area contributed by atoms with E-state index in [1.54, 1.807) is 0 Å². The number of piperazine rings is 1. The first-order valence-electron chi connectivity index (χ1n) is 13.4. The SMILES string of the molecule is O=C(Cc1ccccc1)N1CCC(N2CCN(C(=O)c3c4ccccc4cc4ccccc34)CC2)CC1. The molecule has 0 aromatic heterocycles. The van der Waals surface area contributed by atoms with Gasteiger partial charge in [0.05, 0.1) is 12.0 Å². The monoisotopic (exact) mass is 491 g/mol. The minimum Gasteiger partial charge on any atom is -0.342 e. The zero-order chi connectivity index (χ0) is 25.2. The Balaban J connectivity index is 1.09. The zero-order valence-corrected chi connectivity index (χ0v) is 21.2. The molecule has 0 saturated carbocycles. The molecule has 2 fully saturated rings. The lowest BCUT2D eigenvalue weighted by atomic mass is 9.95. The van der Waals surface area contributed by atoms with Crippen LogP contribution in [-0.2, 0) is 11.2 Å². The zero-order valence-electron chi connectivity index (χ0n) is 21.2. The molecule has 2 saturated heterocycles. The number of rotatable bonds is 4. The van der Waals surface area contributed by atoms with Crippen molar-refractivity contribution in [1.29, 1.82) is 0 Å². The molecule has 2 amide bonds. The van der Waals surface area contributed by atoms with Crippen LogP contribution >= 0.6 is 0 Å². The molecule has 5 heteroatoms. The second kappa shape index (κ2) is 10.3. The number of fused-ring (bicyclic) bond motifs is 2. The number of amides is 2. The summed E-state index contributed by atoms with van der Waals surface area (Å²) in [5.74, 6) is 0.358. The topological polar surface area (TPSA) is 43.9 Å². The van der Waals surface area contributed by atoms with Crippen molar-refractivity contribution in [2.24, 2.45) is 0 Å². The molecule has 2 heterocycles. The van der Waals surface area contributed by atoms with Gasteiger partial charge in [0.1, 0.15) is 0 Å². The molecule has 0 spiro atoms. The highest BCUT2D eigenvalue weighted by atomic mass is 16.2. The van der Waals surface area contributed by atoms with Crippen LogP contribution in [0.5, 0.6) is 0 Å². The number of nitrogens with zero attached hydrogens (tertiary/aromatic N) is 3. The van der Waals surface area contributed by atoms with Gasteiger partial charge in [-0.15, -0.1) is 0 Å². The molecule has 0 radical (unpaired) electrons. The molecule has 0 atom stereocenters. The van der Waals surface area contributed by atoms with Crippen molar-refractivity contribution in [1.82, 2.24) is 14.7 Å². The van der Waals surface area contributed by atoms with E-state index in [9.17, 15) is 9.59 Å². The number of carbonyl (C=O) groups is 2. The Labute approximate surface area is 218 Å². The summed E-state index contributed by atoms with van der Waals surface area (Å²) in [6.07, 6.45) is 2.49. The van der Waals surface area contributed by atoms with Crippen LogP contribution < -0.4 is 0 Å². The Bertz CT molecular complexity index is 1360. The molecule has 5 nitrogen and oxygen atoms in total. The highest BCUT2D eigenvalue weighted by molar-refractivity contribution is 6.18. The molecule has 0 bridgehead atoms. The summed E-state index contributed by atoms with van der Waals surface area (Å²) in [6.45, 7) is 4.89. The third-order valence-electron chi connectivity index (χ3n) is 8.12. The van der Waals surface area contributed by atoms with Gasteiger partial charge in [-0.3, -0.25) is 14.5 Å².